The molecule has 1 saturated heterocycles. The van der Waals surface area contributed by atoms with E-state index in [9.17, 15) is 4.79 Å². The lowest BCUT2D eigenvalue weighted by Crippen LogP contribution is -2.57. The number of carbonyl (C=O) groups excluding carboxylic acids is 1. The first-order valence-electron chi connectivity index (χ1n) is 6.10. The number of morpholine rings is 1. The molecule has 98 valence electrons. The Morgan fingerprint density at radius 1 is 1.56 bits per heavy atom. The van der Waals surface area contributed by atoms with Crippen LogP contribution in [0.2, 0.25) is 0 Å². The lowest BCUT2D eigenvalue weighted by Gasteiger charge is -2.43. The van der Waals surface area contributed by atoms with E-state index < -0.39 is 5.60 Å². The first-order valence-corrected chi connectivity index (χ1v) is 6.10. The monoisotopic (exact) mass is 250 g/mol. The molecule has 2 unspecified atom stereocenters. The summed E-state index contributed by atoms with van der Waals surface area (Å²) in [5, 5.41) is 8.96. The fourth-order valence-corrected chi connectivity index (χ4v) is 2.28. The van der Waals surface area contributed by atoms with Crippen LogP contribution in [0.1, 0.15) is 27.2 Å². The normalized spacial score (nSPS) is 27.2. The molecule has 0 aliphatic carbocycles. The van der Waals surface area contributed by atoms with Gasteiger partial charge in [-0.25, -0.2) is 4.79 Å². The Morgan fingerprint density at radius 3 is 2.83 bits per heavy atom. The van der Waals surface area contributed by atoms with Crippen molar-refractivity contribution in [2.75, 3.05) is 13.2 Å². The summed E-state index contributed by atoms with van der Waals surface area (Å²) < 4.78 is 10.8. The first-order chi connectivity index (χ1) is 8.40. The van der Waals surface area contributed by atoms with Crippen molar-refractivity contribution in [1.29, 1.82) is 5.26 Å². The highest BCUT2D eigenvalue weighted by atomic mass is 16.6. The summed E-state index contributed by atoms with van der Waals surface area (Å²) in [6.07, 6.45) is 2.03. The predicted octanol–water partition coefficient (Wildman–Crippen LogP) is 1.84. The van der Waals surface area contributed by atoms with Gasteiger partial charge in [0, 0.05) is 12.0 Å². The van der Waals surface area contributed by atoms with Gasteiger partial charge in [-0.3, -0.25) is 4.90 Å². The van der Waals surface area contributed by atoms with E-state index in [4.69, 9.17) is 14.7 Å². The molecular formula is C13H18N2O3. The minimum Gasteiger partial charge on any atom is -0.444 e. The number of nitriles is 1. The molecule has 0 aromatic rings. The second kappa shape index (κ2) is 4.62. The SMILES string of the molecule is CC(C)(C)OC(=O)N1C2C=C(C#N)CC1COC2. The molecule has 0 N–H and O–H groups in total. The van der Waals surface area contributed by atoms with Gasteiger partial charge >= 0.3 is 6.09 Å². The Hall–Kier alpha value is -1.54. The summed E-state index contributed by atoms with van der Waals surface area (Å²) in [7, 11) is 0. The number of hydrogen-bond acceptors (Lipinski definition) is 4. The zero-order valence-electron chi connectivity index (χ0n) is 11.0. The molecule has 0 spiro atoms. The largest absolute Gasteiger partial charge is 0.444 e. The third-order valence-corrected chi connectivity index (χ3v) is 2.95. The molecule has 2 atom stereocenters. The number of rotatable bonds is 0. The molecule has 0 aromatic heterocycles. The molecule has 1 amide bonds. The molecule has 0 aromatic carbocycles. The molecule has 2 aliphatic rings. The maximum Gasteiger partial charge on any atom is 0.411 e. The lowest BCUT2D eigenvalue weighted by atomic mass is 9.95. The highest BCUT2D eigenvalue weighted by Crippen LogP contribution is 2.28. The van der Waals surface area contributed by atoms with Gasteiger partial charge in [0.05, 0.1) is 31.4 Å². The van der Waals surface area contributed by atoms with Crippen LogP contribution in [-0.2, 0) is 9.47 Å². The Labute approximate surface area is 107 Å². The number of amides is 1. The molecule has 0 radical (unpaired) electrons. The molecule has 5 nitrogen and oxygen atoms in total. The molecule has 5 heteroatoms. The molecule has 2 rings (SSSR count). The zero-order chi connectivity index (χ0) is 13.3. The smallest absolute Gasteiger partial charge is 0.411 e. The molecule has 2 bridgehead atoms. The van der Waals surface area contributed by atoms with Crippen LogP contribution >= 0.6 is 0 Å². The van der Waals surface area contributed by atoms with E-state index in [0.717, 1.165) is 5.57 Å². The molecular weight excluding hydrogens is 232 g/mol. The second-order valence-corrected chi connectivity index (χ2v) is 5.65. The first kappa shape index (κ1) is 12.9. The van der Waals surface area contributed by atoms with Crippen LogP contribution in [0, 0.1) is 11.3 Å². The molecule has 18 heavy (non-hydrogen) atoms. The number of nitrogens with zero attached hydrogens (tertiary/aromatic N) is 2. The average molecular weight is 250 g/mol. The van der Waals surface area contributed by atoms with E-state index >= 15 is 0 Å². The van der Waals surface area contributed by atoms with Crippen molar-refractivity contribution in [2.24, 2.45) is 0 Å². The fraction of sp³-hybridized carbons (Fsp3) is 0.692. The summed E-state index contributed by atoms with van der Waals surface area (Å²) in [5.41, 5.74) is 0.221. The van der Waals surface area contributed by atoms with Crippen LogP contribution in [-0.4, -0.2) is 41.9 Å². The summed E-state index contributed by atoms with van der Waals surface area (Å²) in [5.74, 6) is 0. The van der Waals surface area contributed by atoms with Crippen LogP contribution in [0.15, 0.2) is 11.6 Å². The van der Waals surface area contributed by atoms with E-state index in [1.165, 1.54) is 0 Å². The second-order valence-electron chi connectivity index (χ2n) is 5.65. The molecule has 0 saturated carbocycles. The predicted molar refractivity (Wildman–Crippen MR) is 64.8 cm³/mol. The van der Waals surface area contributed by atoms with Crippen molar-refractivity contribution in [3.8, 4) is 6.07 Å². The average Bonchev–Trinajstić information content (AvgIpc) is 2.24. The van der Waals surface area contributed by atoms with Gasteiger partial charge in [0.2, 0.25) is 0 Å². The van der Waals surface area contributed by atoms with Crippen molar-refractivity contribution in [3.63, 3.8) is 0 Å². The van der Waals surface area contributed by atoms with Gasteiger partial charge in [-0.15, -0.1) is 0 Å². The van der Waals surface area contributed by atoms with E-state index in [1.807, 2.05) is 20.8 Å². The maximum absolute atomic E-state index is 12.2. The van der Waals surface area contributed by atoms with Gasteiger partial charge in [-0.1, -0.05) is 0 Å². The topological polar surface area (TPSA) is 62.6 Å². The van der Waals surface area contributed by atoms with Crippen molar-refractivity contribution in [2.45, 2.75) is 44.9 Å². The minimum atomic E-state index is -0.508. The summed E-state index contributed by atoms with van der Waals surface area (Å²) in [4.78, 5) is 13.9. The van der Waals surface area contributed by atoms with Crippen molar-refractivity contribution < 1.29 is 14.3 Å². The van der Waals surface area contributed by atoms with E-state index in [2.05, 4.69) is 6.07 Å². The fourth-order valence-electron chi connectivity index (χ4n) is 2.28. The Bertz CT molecular complexity index is 417. The number of hydrogen-bond donors (Lipinski definition) is 0. The van der Waals surface area contributed by atoms with Crippen LogP contribution in [0.25, 0.3) is 0 Å². The highest BCUT2D eigenvalue weighted by molar-refractivity contribution is 5.70. The minimum absolute atomic E-state index is 0.0850. The number of carbonyl (C=O) groups is 1. The Kier molecular flexibility index (Phi) is 3.31. The van der Waals surface area contributed by atoms with Crippen LogP contribution < -0.4 is 0 Å². The molecule has 2 heterocycles. The summed E-state index contributed by atoms with van der Waals surface area (Å²) in [6, 6.07) is 1.90. The maximum atomic E-state index is 12.2. The van der Waals surface area contributed by atoms with Crippen molar-refractivity contribution >= 4 is 6.09 Å². The van der Waals surface area contributed by atoms with Gasteiger partial charge in [-0.05, 0) is 26.8 Å². The van der Waals surface area contributed by atoms with Crippen molar-refractivity contribution in [3.05, 3.63) is 11.6 Å². The quantitative estimate of drug-likeness (QED) is 0.658. The lowest BCUT2D eigenvalue weighted by molar-refractivity contribution is -0.0530. The van der Waals surface area contributed by atoms with Crippen LogP contribution in [0.4, 0.5) is 4.79 Å². The number of fused-ring (bicyclic) bond motifs is 2. The summed E-state index contributed by atoms with van der Waals surface area (Å²) >= 11 is 0. The zero-order valence-corrected chi connectivity index (χ0v) is 11.0. The highest BCUT2D eigenvalue weighted by Gasteiger charge is 2.39. The van der Waals surface area contributed by atoms with E-state index in [1.54, 1.807) is 11.0 Å². The Balaban J connectivity index is 2.17. The molecule has 1 fully saturated rings. The number of ether oxygens (including phenoxy) is 2. The van der Waals surface area contributed by atoms with Crippen molar-refractivity contribution in [1.82, 2.24) is 4.90 Å². The van der Waals surface area contributed by atoms with E-state index in [0.29, 0.717) is 19.6 Å². The van der Waals surface area contributed by atoms with E-state index in [-0.39, 0.29) is 18.2 Å². The van der Waals surface area contributed by atoms with Gasteiger partial charge in [0.15, 0.2) is 0 Å². The standard InChI is InChI=1S/C13H18N2O3/c1-13(2,3)18-12(16)15-10-4-9(6-14)5-11(15)8-17-7-10/h4,10-11H,5,7-8H2,1-3H3. The van der Waals surface area contributed by atoms with Crippen LogP contribution in [0.3, 0.4) is 0 Å². The third kappa shape index (κ3) is 2.65. The van der Waals surface area contributed by atoms with Gasteiger partial charge < -0.3 is 9.47 Å². The Morgan fingerprint density at radius 2 is 2.28 bits per heavy atom. The third-order valence-electron chi connectivity index (χ3n) is 2.95. The molecule has 2 aliphatic heterocycles. The van der Waals surface area contributed by atoms with Gasteiger partial charge in [0.25, 0.3) is 0 Å². The van der Waals surface area contributed by atoms with Gasteiger partial charge in [0.1, 0.15) is 5.60 Å². The summed E-state index contributed by atoms with van der Waals surface area (Å²) in [6.45, 7) is 6.43. The van der Waals surface area contributed by atoms with Crippen LogP contribution in [0.5, 0.6) is 0 Å². The van der Waals surface area contributed by atoms with Gasteiger partial charge in [-0.2, -0.15) is 5.26 Å².